The summed E-state index contributed by atoms with van der Waals surface area (Å²) in [6.07, 6.45) is -1.38. The second-order valence-corrected chi connectivity index (χ2v) is 20.3. The number of carbonyl (C=O) groups is 2. The molecule has 2 amide bonds. The fourth-order valence-electron chi connectivity index (χ4n) is 5.60. The number of amides is 2. The van der Waals surface area contributed by atoms with Crippen LogP contribution in [0.2, 0.25) is 18.1 Å². The summed E-state index contributed by atoms with van der Waals surface area (Å²) in [7, 11) is -2.42. The highest BCUT2D eigenvalue weighted by molar-refractivity contribution is 9.10. The minimum atomic E-state index is -2.42. The van der Waals surface area contributed by atoms with Gasteiger partial charge < -0.3 is 24.9 Å². The number of hydrogen-bond acceptors (Lipinski definition) is 4. The summed E-state index contributed by atoms with van der Waals surface area (Å²) < 4.78 is 13.8. The van der Waals surface area contributed by atoms with Crippen LogP contribution in [0, 0.1) is 5.41 Å². The molecule has 1 unspecified atom stereocenters. The molecule has 3 aromatic carbocycles. The fourth-order valence-corrected chi connectivity index (χ4v) is 7.24. The highest BCUT2D eigenvalue weighted by Gasteiger charge is 2.44. The highest BCUT2D eigenvalue weighted by Crippen LogP contribution is 2.42. The third-order valence-corrected chi connectivity index (χ3v) is 13.9. The topological polar surface area (TPSA) is 96.9 Å². The Morgan fingerprint density at radius 3 is 1.85 bits per heavy atom. The minimum Gasteiger partial charge on any atom is -0.465 e. The summed E-state index contributed by atoms with van der Waals surface area (Å²) >= 11 is 3.56. The van der Waals surface area contributed by atoms with Crippen LogP contribution in [0.1, 0.15) is 70.6 Å². The van der Waals surface area contributed by atoms with Crippen molar-refractivity contribution in [3.63, 3.8) is 0 Å². The number of nitrogens with one attached hydrogen (secondary N) is 2. The van der Waals surface area contributed by atoms with Crippen LogP contribution < -0.4 is 10.6 Å². The first-order chi connectivity index (χ1) is 21.5. The maximum atomic E-state index is 13.5. The molecule has 0 saturated heterocycles. The van der Waals surface area contributed by atoms with Gasteiger partial charge in [0.2, 0.25) is 0 Å². The van der Waals surface area contributed by atoms with Crippen LogP contribution in [-0.2, 0) is 22.2 Å². The van der Waals surface area contributed by atoms with Crippen molar-refractivity contribution in [1.29, 1.82) is 0 Å². The van der Waals surface area contributed by atoms with Gasteiger partial charge >= 0.3 is 12.2 Å². The van der Waals surface area contributed by atoms with Gasteiger partial charge in [-0.25, -0.2) is 9.59 Å². The molecule has 0 aliphatic carbocycles. The predicted octanol–water partition coefficient (Wildman–Crippen LogP) is 9.53. The Morgan fingerprint density at radius 2 is 1.35 bits per heavy atom. The van der Waals surface area contributed by atoms with E-state index >= 15 is 0 Å². The van der Waals surface area contributed by atoms with Crippen LogP contribution in [0.25, 0.3) is 0 Å². The van der Waals surface area contributed by atoms with Gasteiger partial charge in [0.25, 0.3) is 0 Å². The second kappa shape index (κ2) is 16.1. The molecule has 9 heteroatoms. The Balaban J connectivity index is 2.09. The fraction of sp³-hybridized carbons (Fsp3) is 0.459. The van der Waals surface area contributed by atoms with E-state index in [1.54, 1.807) is 0 Å². The lowest BCUT2D eigenvalue weighted by molar-refractivity contribution is 0.0882. The molecule has 0 spiro atoms. The van der Waals surface area contributed by atoms with Crippen molar-refractivity contribution in [3.8, 4) is 0 Å². The lowest BCUT2D eigenvalue weighted by Gasteiger charge is -2.44. The van der Waals surface area contributed by atoms with Gasteiger partial charge in [-0.3, -0.25) is 0 Å². The molecule has 0 bridgehead atoms. The number of rotatable bonds is 13. The largest absolute Gasteiger partial charge is 0.465 e. The monoisotopic (exact) mass is 710 g/mol. The number of halogens is 1. The average molecular weight is 712 g/mol. The van der Waals surface area contributed by atoms with E-state index in [9.17, 15) is 14.7 Å². The molecule has 7 nitrogen and oxygen atoms in total. The standard InChI is InChI=1S/C37H51BrN2O5Si/c1-36(2,3)33(28-19-21-29(38)22-20-28)31(40-35(43)44-25-27-17-13-10-14-18-27)24-32(45-46(7,8)37(4,5)6)30(39-34(41)42)23-26-15-11-9-12-16-26/h9-22,30-33,39H,23-25H2,1-8H3,(H,40,43)(H,41,42)/t30-,31+,32+,33?/m0/s1. The van der Waals surface area contributed by atoms with Gasteiger partial charge in [0.15, 0.2) is 8.32 Å². The van der Waals surface area contributed by atoms with Gasteiger partial charge in [-0.15, -0.1) is 0 Å². The van der Waals surface area contributed by atoms with Crippen molar-refractivity contribution in [3.05, 3.63) is 106 Å². The maximum Gasteiger partial charge on any atom is 0.407 e. The van der Waals surface area contributed by atoms with Crippen LogP contribution in [0.15, 0.2) is 89.4 Å². The quantitative estimate of drug-likeness (QED) is 0.154. The minimum absolute atomic E-state index is 0.127. The van der Waals surface area contributed by atoms with Crippen molar-refractivity contribution < 1.29 is 23.9 Å². The lowest BCUT2D eigenvalue weighted by atomic mass is 9.70. The van der Waals surface area contributed by atoms with E-state index in [1.165, 1.54) is 0 Å². The van der Waals surface area contributed by atoms with Crippen LogP contribution in [0.4, 0.5) is 9.59 Å². The lowest BCUT2D eigenvalue weighted by Crippen LogP contribution is -2.55. The molecule has 0 fully saturated rings. The van der Waals surface area contributed by atoms with Gasteiger partial charge in [-0.05, 0) is 65.2 Å². The third-order valence-electron chi connectivity index (χ3n) is 8.88. The smallest absolute Gasteiger partial charge is 0.407 e. The van der Waals surface area contributed by atoms with Crippen LogP contribution in [0.3, 0.4) is 0 Å². The van der Waals surface area contributed by atoms with Crippen molar-refractivity contribution in [2.45, 2.75) is 103 Å². The number of carboxylic acid groups (broad SMARTS) is 1. The number of ether oxygens (including phenoxy) is 1. The van der Waals surface area contributed by atoms with E-state index < -0.39 is 38.7 Å². The molecular formula is C37H51BrN2O5Si. The van der Waals surface area contributed by atoms with Gasteiger partial charge in [0, 0.05) is 16.4 Å². The van der Waals surface area contributed by atoms with E-state index in [-0.39, 0.29) is 23.0 Å². The Hall–Kier alpha value is -3.14. The van der Waals surface area contributed by atoms with Crippen LogP contribution in [0.5, 0.6) is 0 Å². The van der Waals surface area contributed by atoms with Crippen LogP contribution >= 0.6 is 15.9 Å². The Morgan fingerprint density at radius 1 is 0.804 bits per heavy atom. The first-order valence-corrected chi connectivity index (χ1v) is 19.6. The number of benzene rings is 3. The van der Waals surface area contributed by atoms with Crippen molar-refractivity contribution in [2.24, 2.45) is 5.41 Å². The highest BCUT2D eigenvalue weighted by atomic mass is 79.9. The van der Waals surface area contributed by atoms with E-state index in [2.05, 4.69) is 93.3 Å². The van der Waals surface area contributed by atoms with Crippen LogP contribution in [-0.4, -0.2) is 43.8 Å². The molecule has 0 heterocycles. The summed E-state index contributed by atoms with van der Waals surface area (Å²) in [5.41, 5.74) is 2.65. The first-order valence-electron chi connectivity index (χ1n) is 15.9. The molecule has 0 aliphatic rings. The van der Waals surface area contributed by atoms with E-state index in [0.717, 1.165) is 21.2 Å². The summed E-state index contributed by atoms with van der Waals surface area (Å²) in [6, 6.07) is 26.6. The van der Waals surface area contributed by atoms with Gasteiger partial charge in [0.1, 0.15) is 6.61 Å². The summed E-state index contributed by atoms with van der Waals surface area (Å²) in [4.78, 5) is 25.8. The number of alkyl carbamates (subject to hydrolysis) is 1. The molecule has 0 saturated carbocycles. The normalized spacial score (nSPS) is 14.9. The van der Waals surface area contributed by atoms with Gasteiger partial charge in [-0.1, -0.05) is 130 Å². The molecular weight excluding hydrogens is 660 g/mol. The third kappa shape index (κ3) is 11.3. The van der Waals surface area contributed by atoms with Gasteiger partial charge in [-0.2, -0.15) is 0 Å². The summed E-state index contributed by atoms with van der Waals surface area (Å²) in [5, 5.41) is 15.9. The van der Waals surface area contributed by atoms with E-state index in [4.69, 9.17) is 9.16 Å². The average Bonchev–Trinajstić information content (AvgIpc) is 2.96. The number of carbonyl (C=O) groups excluding carboxylic acids is 1. The molecule has 3 aromatic rings. The Bertz CT molecular complexity index is 1390. The molecule has 3 rings (SSSR count). The van der Waals surface area contributed by atoms with E-state index in [1.807, 2.05) is 72.8 Å². The second-order valence-electron chi connectivity index (χ2n) is 14.6. The summed E-state index contributed by atoms with van der Waals surface area (Å²) in [6.45, 7) is 17.5. The maximum absolute atomic E-state index is 13.5. The van der Waals surface area contributed by atoms with Crippen molar-refractivity contribution in [2.75, 3.05) is 0 Å². The molecule has 3 N–H and O–H groups in total. The first kappa shape index (κ1) is 37.3. The Kier molecular flexibility index (Phi) is 13.1. The molecule has 0 aromatic heterocycles. The molecule has 0 radical (unpaired) electrons. The molecule has 250 valence electrons. The number of hydrogen-bond donors (Lipinski definition) is 3. The summed E-state index contributed by atoms with van der Waals surface area (Å²) in [5.74, 6) is -0.155. The zero-order chi connectivity index (χ0) is 34.1. The zero-order valence-electron chi connectivity index (χ0n) is 28.5. The molecule has 46 heavy (non-hydrogen) atoms. The molecule has 0 aliphatic heterocycles. The van der Waals surface area contributed by atoms with E-state index in [0.29, 0.717) is 12.8 Å². The Labute approximate surface area is 284 Å². The zero-order valence-corrected chi connectivity index (χ0v) is 31.1. The SMILES string of the molecule is CC(C)(C)C(c1ccc(Br)cc1)[C@@H](C[C@@H](O[Si](C)(C)C(C)(C)C)[C@H](Cc1ccccc1)NC(=O)O)NC(=O)OCc1ccccc1. The molecule has 4 atom stereocenters. The predicted molar refractivity (Wildman–Crippen MR) is 192 cm³/mol. The van der Waals surface area contributed by atoms with Crippen molar-refractivity contribution in [1.82, 2.24) is 10.6 Å². The van der Waals surface area contributed by atoms with Crippen molar-refractivity contribution >= 4 is 36.4 Å². The van der Waals surface area contributed by atoms with Gasteiger partial charge in [0.05, 0.1) is 12.1 Å².